The van der Waals surface area contributed by atoms with Gasteiger partial charge >= 0.3 is 0 Å². The first kappa shape index (κ1) is 20.0. The zero-order valence-corrected chi connectivity index (χ0v) is 19.1. The van der Waals surface area contributed by atoms with Gasteiger partial charge in [-0.25, -0.2) is 4.99 Å². The van der Waals surface area contributed by atoms with Crippen molar-refractivity contribution in [1.82, 2.24) is 0 Å². The number of aliphatic imine (C=N–C) groups is 1. The molecule has 0 radical (unpaired) electrons. The normalized spacial score (nSPS) is 16.6. The third-order valence-electron chi connectivity index (χ3n) is 6.71. The molecule has 0 amide bonds. The topological polar surface area (TPSA) is 36.1 Å². The lowest BCUT2D eigenvalue weighted by Crippen LogP contribution is -2.26. The molecule has 5 rings (SSSR count). The highest BCUT2D eigenvalue weighted by molar-refractivity contribution is 7.16. The maximum absolute atomic E-state index is 9.91. The van der Waals surface area contributed by atoms with Crippen LogP contribution < -0.4 is 0 Å². The molecule has 0 aliphatic heterocycles. The molecule has 0 bridgehead atoms. The SMILES string of the molecule is CC(C)(C)[C@H]1CCc2c(sc(N=Cc3c4ccccc4cc4ccccc34)c2C#N)C1. The van der Waals surface area contributed by atoms with Crippen molar-refractivity contribution in [2.24, 2.45) is 16.3 Å². The van der Waals surface area contributed by atoms with Gasteiger partial charge in [-0.2, -0.15) is 5.26 Å². The van der Waals surface area contributed by atoms with Gasteiger partial charge in [0.2, 0.25) is 0 Å². The fourth-order valence-corrected chi connectivity index (χ4v) is 6.05. The van der Waals surface area contributed by atoms with Gasteiger partial charge in [0, 0.05) is 16.7 Å². The summed E-state index contributed by atoms with van der Waals surface area (Å²) in [7, 11) is 0. The molecule has 0 saturated carbocycles. The Hall–Kier alpha value is -2.96. The van der Waals surface area contributed by atoms with Crippen LogP contribution in [-0.4, -0.2) is 6.21 Å². The Bertz CT molecular complexity index is 1310. The third-order valence-corrected chi connectivity index (χ3v) is 7.87. The van der Waals surface area contributed by atoms with E-state index in [1.807, 2.05) is 6.21 Å². The third kappa shape index (κ3) is 3.56. The summed E-state index contributed by atoms with van der Waals surface area (Å²) in [6, 6.07) is 21.6. The maximum atomic E-state index is 9.91. The summed E-state index contributed by atoms with van der Waals surface area (Å²) < 4.78 is 0. The predicted octanol–water partition coefficient (Wildman–Crippen LogP) is 7.83. The van der Waals surface area contributed by atoms with Gasteiger partial charge in [-0.15, -0.1) is 11.3 Å². The van der Waals surface area contributed by atoms with Crippen molar-refractivity contribution in [1.29, 1.82) is 5.26 Å². The number of fused-ring (bicyclic) bond motifs is 3. The molecule has 0 saturated heterocycles. The van der Waals surface area contributed by atoms with Crippen molar-refractivity contribution in [2.45, 2.75) is 40.0 Å². The van der Waals surface area contributed by atoms with E-state index >= 15 is 0 Å². The predicted molar refractivity (Wildman–Crippen MR) is 133 cm³/mol. The molecular formula is C28H26N2S. The summed E-state index contributed by atoms with van der Waals surface area (Å²) in [4.78, 5) is 6.27. The van der Waals surface area contributed by atoms with E-state index in [2.05, 4.69) is 81.4 Å². The molecule has 0 unspecified atom stereocenters. The monoisotopic (exact) mass is 422 g/mol. The zero-order chi connectivity index (χ0) is 21.6. The van der Waals surface area contributed by atoms with E-state index in [4.69, 9.17) is 4.99 Å². The van der Waals surface area contributed by atoms with Crippen molar-refractivity contribution >= 4 is 44.1 Å². The molecule has 2 nitrogen and oxygen atoms in total. The van der Waals surface area contributed by atoms with E-state index in [1.54, 1.807) is 11.3 Å². The van der Waals surface area contributed by atoms with Gasteiger partial charge in [0.25, 0.3) is 0 Å². The molecule has 0 spiro atoms. The molecule has 154 valence electrons. The van der Waals surface area contributed by atoms with E-state index < -0.39 is 0 Å². The lowest BCUT2D eigenvalue weighted by atomic mass is 9.72. The quantitative estimate of drug-likeness (QED) is 0.239. The summed E-state index contributed by atoms with van der Waals surface area (Å²) in [5.74, 6) is 0.657. The van der Waals surface area contributed by atoms with Crippen LogP contribution in [0.2, 0.25) is 0 Å². The maximum Gasteiger partial charge on any atom is 0.134 e. The highest BCUT2D eigenvalue weighted by atomic mass is 32.1. The average Bonchev–Trinajstić information content (AvgIpc) is 3.12. The van der Waals surface area contributed by atoms with Crippen molar-refractivity contribution < 1.29 is 0 Å². The van der Waals surface area contributed by atoms with Crippen LogP contribution in [0.15, 0.2) is 59.6 Å². The molecule has 1 heterocycles. The Morgan fingerprint density at radius 1 is 1.03 bits per heavy atom. The van der Waals surface area contributed by atoms with E-state index in [0.717, 1.165) is 35.4 Å². The minimum absolute atomic E-state index is 0.291. The van der Waals surface area contributed by atoms with E-state index in [0.29, 0.717) is 11.3 Å². The van der Waals surface area contributed by atoms with Crippen LogP contribution in [0.4, 0.5) is 5.00 Å². The fraction of sp³-hybridized carbons (Fsp3) is 0.286. The molecule has 3 heteroatoms. The average molecular weight is 423 g/mol. The lowest BCUT2D eigenvalue weighted by molar-refractivity contribution is 0.218. The van der Waals surface area contributed by atoms with Gasteiger partial charge in [0.15, 0.2) is 0 Å². The van der Waals surface area contributed by atoms with E-state index in [9.17, 15) is 5.26 Å². The van der Waals surface area contributed by atoms with Crippen LogP contribution in [0.5, 0.6) is 0 Å². The number of thiophene rings is 1. The second-order valence-corrected chi connectivity index (χ2v) is 10.7. The van der Waals surface area contributed by atoms with Crippen LogP contribution in [-0.2, 0) is 12.8 Å². The minimum Gasteiger partial charge on any atom is -0.244 e. The Morgan fingerprint density at radius 3 is 2.29 bits per heavy atom. The van der Waals surface area contributed by atoms with Crippen LogP contribution in [0.1, 0.15) is 48.8 Å². The van der Waals surface area contributed by atoms with Gasteiger partial charge in [-0.05, 0) is 63.8 Å². The summed E-state index contributed by atoms with van der Waals surface area (Å²) >= 11 is 1.72. The number of nitrogens with zero attached hydrogens (tertiary/aromatic N) is 2. The number of benzene rings is 3. The lowest BCUT2D eigenvalue weighted by Gasteiger charge is -2.33. The highest BCUT2D eigenvalue weighted by Gasteiger charge is 2.32. The zero-order valence-electron chi connectivity index (χ0n) is 18.3. The molecule has 3 aromatic carbocycles. The number of hydrogen-bond donors (Lipinski definition) is 0. The van der Waals surface area contributed by atoms with Crippen LogP contribution in [0.25, 0.3) is 21.5 Å². The Labute approximate surface area is 187 Å². The molecule has 4 aromatic rings. The van der Waals surface area contributed by atoms with Gasteiger partial charge in [0.05, 0.1) is 5.56 Å². The molecule has 1 aliphatic carbocycles. The number of nitriles is 1. The molecule has 1 atom stereocenters. The van der Waals surface area contributed by atoms with Gasteiger partial charge in [-0.3, -0.25) is 0 Å². The highest BCUT2D eigenvalue weighted by Crippen LogP contribution is 2.45. The first-order valence-corrected chi connectivity index (χ1v) is 11.8. The summed E-state index contributed by atoms with van der Waals surface area (Å²) in [6.45, 7) is 6.98. The standard InChI is InChI=1S/C28H26N2S/c1-28(2,3)20-12-13-23-24(16-29)27(31-26(23)15-20)30-17-25-21-10-6-4-8-18(21)14-19-9-5-7-11-22(19)25/h4-11,14,17,20H,12-13,15H2,1-3H3/t20-/m0/s1. The van der Waals surface area contributed by atoms with E-state index in [-0.39, 0.29) is 0 Å². The largest absolute Gasteiger partial charge is 0.244 e. The van der Waals surface area contributed by atoms with Gasteiger partial charge in [-0.1, -0.05) is 69.3 Å². The Morgan fingerprint density at radius 2 is 1.68 bits per heavy atom. The van der Waals surface area contributed by atoms with Crippen molar-refractivity contribution in [2.75, 3.05) is 0 Å². The Kier molecular flexibility index (Phi) is 4.91. The molecule has 31 heavy (non-hydrogen) atoms. The van der Waals surface area contributed by atoms with Gasteiger partial charge < -0.3 is 0 Å². The molecule has 0 N–H and O–H groups in total. The van der Waals surface area contributed by atoms with Crippen molar-refractivity contribution in [3.8, 4) is 6.07 Å². The smallest absolute Gasteiger partial charge is 0.134 e. The number of hydrogen-bond acceptors (Lipinski definition) is 3. The summed E-state index contributed by atoms with van der Waals surface area (Å²) in [6.07, 6.45) is 5.18. The van der Waals surface area contributed by atoms with Crippen LogP contribution >= 0.6 is 11.3 Å². The van der Waals surface area contributed by atoms with Crippen molar-refractivity contribution in [3.05, 3.63) is 76.2 Å². The molecule has 1 aromatic heterocycles. The fourth-order valence-electron chi connectivity index (χ4n) is 4.83. The summed E-state index contributed by atoms with van der Waals surface area (Å²) in [5.41, 5.74) is 3.44. The second-order valence-electron chi connectivity index (χ2n) is 9.59. The summed E-state index contributed by atoms with van der Waals surface area (Å²) in [5, 5.41) is 15.6. The number of rotatable bonds is 2. The van der Waals surface area contributed by atoms with Gasteiger partial charge in [0.1, 0.15) is 11.1 Å². The Balaban J connectivity index is 1.61. The van der Waals surface area contributed by atoms with Crippen LogP contribution in [0, 0.1) is 22.7 Å². The molecular weight excluding hydrogens is 396 g/mol. The van der Waals surface area contributed by atoms with Crippen molar-refractivity contribution in [3.63, 3.8) is 0 Å². The second kappa shape index (κ2) is 7.62. The van der Waals surface area contributed by atoms with E-state index in [1.165, 1.54) is 32.0 Å². The minimum atomic E-state index is 0.291. The molecule has 1 aliphatic rings. The first-order valence-electron chi connectivity index (χ1n) is 10.9. The molecule has 0 fully saturated rings. The van der Waals surface area contributed by atoms with Crippen LogP contribution in [0.3, 0.4) is 0 Å². The first-order chi connectivity index (χ1) is 15.0.